The van der Waals surface area contributed by atoms with Gasteiger partial charge in [0.15, 0.2) is 0 Å². The van der Waals surface area contributed by atoms with Crippen LogP contribution in [-0.2, 0) is 4.79 Å². The van der Waals surface area contributed by atoms with Gasteiger partial charge in [0.05, 0.1) is 6.42 Å². The third-order valence-corrected chi connectivity index (χ3v) is 2.55. The molecule has 3 heteroatoms. The molecule has 2 aromatic rings. The highest BCUT2D eigenvalue weighted by molar-refractivity contribution is 5.67. The minimum atomic E-state index is -0.875. The van der Waals surface area contributed by atoms with E-state index in [2.05, 4.69) is 0 Å². The van der Waals surface area contributed by atoms with Crippen LogP contribution in [0.5, 0.6) is 5.75 Å². The number of carboxylic acid groups (broad SMARTS) is 1. The lowest BCUT2D eigenvalue weighted by Crippen LogP contribution is -2.12. The summed E-state index contributed by atoms with van der Waals surface area (Å²) in [7, 11) is 0. The largest absolute Gasteiger partial charge is 0.485 e. The summed E-state index contributed by atoms with van der Waals surface area (Å²) in [5.74, 6) is -0.201. The molecule has 0 radical (unpaired) electrons. The lowest BCUT2D eigenvalue weighted by Gasteiger charge is -2.17. The zero-order valence-corrected chi connectivity index (χ0v) is 9.82. The Hall–Kier alpha value is -2.29. The minimum Gasteiger partial charge on any atom is -0.485 e. The molecule has 0 aliphatic heterocycles. The van der Waals surface area contributed by atoms with Crippen LogP contribution >= 0.6 is 0 Å². The van der Waals surface area contributed by atoms with E-state index in [1.165, 1.54) is 0 Å². The molecular formula is C15H14O3. The molecule has 0 bridgehead atoms. The van der Waals surface area contributed by atoms with Crippen molar-refractivity contribution in [2.75, 3.05) is 0 Å². The standard InChI is InChI=1S/C15H14O3/c16-15(17)11-14(12-7-3-1-4-8-12)18-13-9-5-2-6-10-13/h1-10,14H,11H2,(H,16,17)/t14-/m1/s1. The van der Waals surface area contributed by atoms with E-state index in [0.29, 0.717) is 5.75 Å². The molecule has 92 valence electrons. The first-order valence-electron chi connectivity index (χ1n) is 5.74. The molecular weight excluding hydrogens is 228 g/mol. The number of hydrogen-bond acceptors (Lipinski definition) is 2. The Bertz CT molecular complexity index is 494. The number of aliphatic carboxylic acids is 1. The highest BCUT2D eigenvalue weighted by Gasteiger charge is 2.16. The molecule has 1 N–H and O–H groups in total. The topological polar surface area (TPSA) is 46.5 Å². The van der Waals surface area contributed by atoms with Crippen molar-refractivity contribution in [2.24, 2.45) is 0 Å². The minimum absolute atomic E-state index is 0.0566. The average molecular weight is 242 g/mol. The maximum atomic E-state index is 10.9. The van der Waals surface area contributed by atoms with E-state index in [-0.39, 0.29) is 6.42 Å². The summed E-state index contributed by atoms with van der Waals surface area (Å²) in [5.41, 5.74) is 0.865. The van der Waals surface area contributed by atoms with Crippen LogP contribution in [0.3, 0.4) is 0 Å². The van der Waals surface area contributed by atoms with Crippen molar-refractivity contribution in [3.63, 3.8) is 0 Å². The molecule has 0 amide bonds. The van der Waals surface area contributed by atoms with Crippen LogP contribution in [-0.4, -0.2) is 11.1 Å². The number of para-hydroxylation sites is 1. The van der Waals surface area contributed by atoms with Crippen molar-refractivity contribution >= 4 is 5.97 Å². The van der Waals surface area contributed by atoms with Crippen LogP contribution in [0.4, 0.5) is 0 Å². The summed E-state index contributed by atoms with van der Waals surface area (Å²) in [6.45, 7) is 0. The number of ether oxygens (including phenoxy) is 1. The van der Waals surface area contributed by atoms with E-state index in [9.17, 15) is 4.79 Å². The van der Waals surface area contributed by atoms with E-state index in [0.717, 1.165) is 5.56 Å². The summed E-state index contributed by atoms with van der Waals surface area (Å²) in [4.78, 5) is 10.9. The molecule has 0 unspecified atom stereocenters. The molecule has 0 heterocycles. The van der Waals surface area contributed by atoms with Gasteiger partial charge in [0.25, 0.3) is 0 Å². The molecule has 0 aliphatic rings. The predicted molar refractivity (Wildman–Crippen MR) is 68.5 cm³/mol. The fourth-order valence-corrected chi connectivity index (χ4v) is 1.72. The maximum absolute atomic E-state index is 10.9. The normalized spacial score (nSPS) is 11.8. The van der Waals surface area contributed by atoms with Crippen LogP contribution in [0.1, 0.15) is 18.1 Å². The van der Waals surface area contributed by atoms with Gasteiger partial charge >= 0.3 is 5.97 Å². The SMILES string of the molecule is O=C(O)C[C@@H](Oc1ccccc1)c1ccccc1. The van der Waals surface area contributed by atoms with Crippen LogP contribution in [0.15, 0.2) is 60.7 Å². The fraction of sp³-hybridized carbons (Fsp3) is 0.133. The molecule has 0 saturated heterocycles. The summed E-state index contributed by atoms with van der Waals surface area (Å²) < 4.78 is 5.73. The van der Waals surface area contributed by atoms with Crippen molar-refractivity contribution < 1.29 is 14.6 Å². The monoisotopic (exact) mass is 242 g/mol. The van der Waals surface area contributed by atoms with Gasteiger partial charge in [-0.1, -0.05) is 48.5 Å². The first-order valence-corrected chi connectivity index (χ1v) is 5.74. The predicted octanol–water partition coefficient (Wildman–Crippen LogP) is 3.28. The van der Waals surface area contributed by atoms with Gasteiger partial charge in [-0.25, -0.2) is 0 Å². The van der Waals surface area contributed by atoms with E-state index in [1.54, 1.807) is 0 Å². The Kier molecular flexibility index (Phi) is 3.97. The second-order valence-electron chi connectivity index (χ2n) is 3.93. The second kappa shape index (κ2) is 5.87. The molecule has 18 heavy (non-hydrogen) atoms. The third kappa shape index (κ3) is 3.35. The van der Waals surface area contributed by atoms with Crippen molar-refractivity contribution in [1.82, 2.24) is 0 Å². The fourth-order valence-electron chi connectivity index (χ4n) is 1.72. The van der Waals surface area contributed by atoms with Crippen LogP contribution in [0.25, 0.3) is 0 Å². The molecule has 3 nitrogen and oxygen atoms in total. The van der Waals surface area contributed by atoms with Gasteiger partial charge in [0.1, 0.15) is 11.9 Å². The first-order chi connectivity index (χ1) is 8.75. The molecule has 0 saturated carbocycles. The number of carboxylic acids is 1. The van der Waals surface area contributed by atoms with Crippen LogP contribution < -0.4 is 4.74 Å². The van der Waals surface area contributed by atoms with Crippen molar-refractivity contribution in [3.05, 3.63) is 66.2 Å². The van der Waals surface area contributed by atoms with Gasteiger partial charge in [-0.2, -0.15) is 0 Å². The van der Waals surface area contributed by atoms with Crippen molar-refractivity contribution in [1.29, 1.82) is 0 Å². The summed E-state index contributed by atoms with van der Waals surface area (Å²) >= 11 is 0. The van der Waals surface area contributed by atoms with Gasteiger partial charge in [-0.05, 0) is 17.7 Å². The van der Waals surface area contributed by atoms with Gasteiger partial charge in [-0.15, -0.1) is 0 Å². The quantitative estimate of drug-likeness (QED) is 0.875. The number of hydrogen-bond donors (Lipinski definition) is 1. The van der Waals surface area contributed by atoms with Gasteiger partial charge < -0.3 is 9.84 Å². The Morgan fingerprint density at radius 3 is 2.11 bits per heavy atom. The molecule has 2 aromatic carbocycles. The van der Waals surface area contributed by atoms with Gasteiger partial charge in [0.2, 0.25) is 0 Å². The molecule has 0 aliphatic carbocycles. The molecule has 0 aromatic heterocycles. The number of benzene rings is 2. The van der Waals surface area contributed by atoms with Crippen LogP contribution in [0.2, 0.25) is 0 Å². The summed E-state index contributed by atoms with van der Waals surface area (Å²) in [6.07, 6.45) is -0.523. The molecule has 2 rings (SSSR count). The van der Waals surface area contributed by atoms with Crippen molar-refractivity contribution in [3.8, 4) is 5.75 Å². The Morgan fingerprint density at radius 1 is 1.00 bits per heavy atom. The van der Waals surface area contributed by atoms with Crippen molar-refractivity contribution in [2.45, 2.75) is 12.5 Å². The van der Waals surface area contributed by atoms with E-state index >= 15 is 0 Å². The van der Waals surface area contributed by atoms with E-state index in [4.69, 9.17) is 9.84 Å². The second-order valence-corrected chi connectivity index (χ2v) is 3.93. The van der Waals surface area contributed by atoms with Gasteiger partial charge in [0, 0.05) is 0 Å². The van der Waals surface area contributed by atoms with Crippen LogP contribution in [0, 0.1) is 0 Å². The number of rotatable bonds is 5. The third-order valence-electron chi connectivity index (χ3n) is 2.55. The van der Waals surface area contributed by atoms with Gasteiger partial charge in [-0.3, -0.25) is 4.79 Å². The Morgan fingerprint density at radius 2 is 1.56 bits per heavy atom. The zero-order chi connectivity index (χ0) is 12.8. The zero-order valence-electron chi connectivity index (χ0n) is 9.82. The van der Waals surface area contributed by atoms with E-state index in [1.807, 2.05) is 60.7 Å². The number of carbonyl (C=O) groups is 1. The highest BCUT2D eigenvalue weighted by atomic mass is 16.5. The molecule has 0 fully saturated rings. The molecule has 0 spiro atoms. The molecule has 1 atom stereocenters. The summed E-state index contributed by atoms with van der Waals surface area (Å²) in [5, 5.41) is 8.94. The maximum Gasteiger partial charge on any atom is 0.307 e. The Labute approximate surface area is 106 Å². The van der Waals surface area contributed by atoms with E-state index < -0.39 is 12.1 Å². The lowest BCUT2D eigenvalue weighted by atomic mass is 10.1. The highest BCUT2D eigenvalue weighted by Crippen LogP contribution is 2.24. The smallest absolute Gasteiger partial charge is 0.307 e. The lowest BCUT2D eigenvalue weighted by molar-refractivity contribution is -0.138. The Balaban J connectivity index is 2.18. The summed E-state index contributed by atoms with van der Waals surface area (Å²) in [6, 6.07) is 18.6. The first kappa shape index (κ1) is 12.2. The average Bonchev–Trinajstić information content (AvgIpc) is 2.40.